The molecule has 0 aliphatic heterocycles. The molecule has 1 saturated carbocycles. The van der Waals surface area contributed by atoms with Crippen LogP contribution in [0.2, 0.25) is 0 Å². The van der Waals surface area contributed by atoms with E-state index in [2.05, 4.69) is 17.2 Å². The number of nitrogens with one attached hydrogen (secondary N) is 1. The summed E-state index contributed by atoms with van der Waals surface area (Å²) >= 11 is 1.62. The van der Waals surface area contributed by atoms with Crippen LogP contribution < -0.4 is 5.32 Å². The van der Waals surface area contributed by atoms with Crippen LogP contribution in [-0.4, -0.2) is 35.3 Å². The van der Waals surface area contributed by atoms with Gasteiger partial charge in [0.05, 0.1) is 23.8 Å². The summed E-state index contributed by atoms with van der Waals surface area (Å²) < 4.78 is 0. The van der Waals surface area contributed by atoms with Gasteiger partial charge < -0.3 is 10.2 Å². The molecule has 0 radical (unpaired) electrons. The number of carbonyl (C=O) groups excluding carboxylic acids is 2. The predicted octanol–water partition coefficient (Wildman–Crippen LogP) is 2.75. The molecular formula is C17H27N3O2S. The van der Waals surface area contributed by atoms with Crippen molar-refractivity contribution in [1.29, 1.82) is 0 Å². The van der Waals surface area contributed by atoms with E-state index in [1.165, 1.54) is 19.3 Å². The van der Waals surface area contributed by atoms with E-state index in [9.17, 15) is 9.59 Å². The smallest absolute Gasteiger partial charge is 0.242 e. The Labute approximate surface area is 142 Å². The van der Waals surface area contributed by atoms with Gasteiger partial charge in [-0.15, -0.1) is 11.3 Å². The first kappa shape index (κ1) is 17.9. The highest BCUT2D eigenvalue weighted by Gasteiger charge is 2.18. The summed E-state index contributed by atoms with van der Waals surface area (Å²) in [6, 6.07) is 0. The molecule has 1 aromatic heterocycles. The maximum atomic E-state index is 12.1. The quantitative estimate of drug-likeness (QED) is 0.832. The fraction of sp³-hybridized carbons (Fsp3) is 0.706. The average Bonchev–Trinajstić information content (AvgIpc) is 3.01. The third-order valence-corrected chi connectivity index (χ3v) is 5.40. The van der Waals surface area contributed by atoms with Crippen LogP contribution in [0.25, 0.3) is 0 Å². The second-order valence-electron chi connectivity index (χ2n) is 6.32. The molecule has 5 nitrogen and oxygen atoms in total. The Morgan fingerprint density at radius 3 is 2.74 bits per heavy atom. The lowest BCUT2D eigenvalue weighted by Crippen LogP contribution is -2.38. The van der Waals surface area contributed by atoms with Gasteiger partial charge in [-0.2, -0.15) is 0 Å². The molecule has 1 fully saturated rings. The largest absolute Gasteiger partial charge is 0.347 e. The Balaban J connectivity index is 1.69. The van der Waals surface area contributed by atoms with Gasteiger partial charge in [-0.1, -0.05) is 26.2 Å². The van der Waals surface area contributed by atoms with Crippen molar-refractivity contribution >= 4 is 23.2 Å². The molecule has 2 amide bonds. The normalized spacial score (nSPS) is 15.4. The third-order valence-electron chi connectivity index (χ3n) is 4.36. The number of thiazole rings is 1. The van der Waals surface area contributed by atoms with Gasteiger partial charge in [0.2, 0.25) is 11.8 Å². The Morgan fingerprint density at radius 1 is 1.35 bits per heavy atom. The summed E-state index contributed by atoms with van der Waals surface area (Å²) in [6.07, 6.45) is 7.51. The van der Waals surface area contributed by atoms with Gasteiger partial charge >= 0.3 is 0 Å². The van der Waals surface area contributed by atoms with Crippen molar-refractivity contribution in [2.75, 3.05) is 13.6 Å². The lowest BCUT2D eigenvalue weighted by molar-refractivity contribution is -0.132. The molecule has 1 heterocycles. The van der Waals surface area contributed by atoms with Crippen molar-refractivity contribution in [2.45, 2.75) is 58.4 Å². The molecule has 2 rings (SSSR count). The van der Waals surface area contributed by atoms with E-state index in [0.29, 0.717) is 18.9 Å². The predicted molar refractivity (Wildman–Crippen MR) is 92.2 cm³/mol. The monoisotopic (exact) mass is 337 g/mol. The molecule has 0 bridgehead atoms. The van der Waals surface area contributed by atoms with Crippen LogP contribution in [0.3, 0.4) is 0 Å². The second kappa shape index (κ2) is 9.01. The molecule has 23 heavy (non-hydrogen) atoms. The van der Waals surface area contributed by atoms with E-state index in [1.54, 1.807) is 23.3 Å². The molecule has 1 N–H and O–H groups in total. The molecule has 128 valence electrons. The Bertz CT molecular complexity index is 524. The standard InChI is InChI=1S/C17H27N3O2S/c1-3-16-19-14(12-23-16)11-20(2)17(22)10-18-15(21)9-13-7-5-4-6-8-13/h12-13H,3-11H2,1-2H3,(H,18,21). The summed E-state index contributed by atoms with van der Waals surface area (Å²) in [5.74, 6) is 0.424. The van der Waals surface area contributed by atoms with Crippen molar-refractivity contribution < 1.29 is 9.59 Å². The second-order valence-corrected chi connectivity index (χ2v) is 7.26. The highest BCUT2D eigenvalue weighted by Crippen LogP contribution is 2.25. The van der Waals surface area contributed by atoms with Gasteiger partial charge in [0.1, 0.15) is 0 Å². The minimum Gasteiger partial charge on any atom is -0.347 e. The van der Waals surface area contributed by atoms with Gasteiger partial charge in [-0.25, -0.2) is 4.98 Å². The number of aryl methyl sites for hydroxylation is 1. The van der Waals surface area contributed by atoms with Crippen LogP contribution in [0.4, 0.5) is 0 Å². The Morgan fingerprint density at radius 2 is 2.09 bits per heavy atom. The number of rotatable bonds is 7. The molecule has 0 atom stereocenters. The number of aromatic nitrogens is 1. The third kappa shape index (κ3) is 5.94. The summed E-state index contributed by atoms with van der Waals surface area (Å²) in [5.41, 5.74) is 0.913. The van der Waals surface area contributed by atoms with Gasteiger partial charge in [0.25, 0.3) is 0 Å². The van der Waals surface area contributed by atoms with Crippen LogP contribution >= 0.6 is 11.3 Å². The maximum absolute atomic E-state index is 12.1. The summed E-state index contributed by atoms with van der Waals surface area (Å²) in [6.45, 7) is 2.64. The first-order valence-corrected chi connectivity index (χ1v) is 9.40. The lowest BCUT2D eigenvalue weighted by Gasteiger charge is -2.21. The zero-order valence-corrected chi connectivity index (χ0v) is 15.0. The first-order valence-electron chi connectivity index (χ1n) is 8.52. The van der Waals surface area contributed by atoms with Crippen molar-refractivity contribution in [2.24, 2.45) is 5.92 Å². The number of likely N-dealkylation sites (N-methyl/N-ethyl adjacent to an activating group) is 1. The zero-order valence-electron chi connectivity index (χ0n) is 14.1. The Kier molecular flexibility index (Phi) is 7.02. The molecule has 0 unspecified atom stereocenters. The fourth-order valence-electron chi connectivity index (χ4n) is 2.95. The molecule has 1 aromatic rings. The highest BCUT2D eigenvalue weighted by molar-refractivity contribution is 7.09. The fourth-order valence-corrected chi connectivity index (χ4v) is 3.69. The van der Waals surface area contributed by atoms with Gasteiger partial charge in [0.15, 0.2) is 0 Å². The maximum Gasteiger partial charge on any atom is 0.242 e. The van der Waals surface area contributed by atoms with E-state index < -0.39 is 0 Å². The summed E-state index contributed by atoms with van der Waals surface area (Å²) in [7, 11) is 1.75. The molecular weight excluding hydrogens is 310 g/mol. The van der Waals surface area contributed by atoms with E-state index in [0.717, 1.165) is 30.0 Å². The number of carbonyl (C=O) groups is 2. The van der Waals surface area contributed by atoms with Crippen molar-refractivity contribution in [3.05, 3.63) is 16.1 Å². The molecule has 0 saturated heterocycles. The number of amides is 2. The SMILES string of the molecule is CCc1nc(CN(C)C(=O)CNC(=O)CC2CCCCC2)cs1. The van der Waals surface area contributed by atoms with Crippen molar-refractivity contribution in [3.63, 3.8) is 0 Å². The van der Waals surface area contributed by atoms with Gasteiger partial charge in [0, 0.05) is 18.8 Å². The van der Waals surface area contributed by atoms with Gasteiger partial charge in [-0.05, 0) is 25.2 Å². The van der Waals surface area contributed by atoms with Crippen molar-refractivity contribution in [1.82, 2.24) is 15.2 Å². The van der Waals surface area contributed by atoms with Crippen LogP contribution in [0.15, 0.2) is 5.38 Å². The highest BCUT2D eigenvalue weighted by atomic mass is 32.1. The first-order chi connectivity index (χ1) is 11.1. The number of hydrogen-bond donors (Lipinski definition) is 1. The van der Waals surface area contributed by atoms with Crippen molar-refractivity contribution in [3.8, 4) is 0 Å². The van der Waals surface area contributed by atoms with Crippen LogP contribution in [0.1, 0.15) is 56.2 Å². The van der Waals surface area contributed by atoms with E-state index in [1.807, 2.05) is 5.38 Å². The average molecular weight is 337 g/mol. The molecule has 0 aromatic carbocycles. The van der Waals surface area contributed by atoms with Crippen LogP contribution in [0, 0.1) is 5.92 Å². The zero-order chi connectivity index (χ0) is 16.7. The summed E-state index contributed by atoms with van der Waals surface area (Å²) in [5, 5.41) is 5.84. The van der Waals surface area contributed by atoms with Gasteiger partial charge in [-0.3, -0.25) is 9.59 Å². The van der Waals surface area contributed by atoms with Crippen LogP contribution in [0.5, 0.6) is 0 Å². The topological polar surface area (TPSA) is 62.3 Å². The minimum atomic E-state index is -0.0759. The molecule has 1 aliphatic rings. The minimum absolute atomic E-state index is 0.000535. The number of nitrogens with zero attached hydrogens (tertiary/aromatic N) is 2. The van der Waals surface area contributed by atoms with Crippen LogP contribution in [-0.2, 0) is 22.6 Å². The molecule has 0 spiro atoms. The van der Waals surface area contributed by atoms with E-state index in [-0.39, 0.29) is 18.4 Å². The lowest BCUT2D eigenvalue weighted by atomic mass is 9.87. The summed E-state index contributed by atoms with van der Waals surface area (Å²) in [4.78, 5) is 30.1. The molecule has 6 heteroatoms. The molecule has 1 aliphatic carbocycles. The number of hydrogen-bond acceptors (Lipinski definition) is 4. The van der Waals surface area contributed by atoms with E-state index >= 15 is 0 Å². The van der Waals surface area contributed by atoms with E-state index in [4.69, 9.17) is 0 Å². The Hall–Kier alpha value is -1.43.